The van der Waals surface area contributed by atoms with E-state index >= 15 is 0 Å². The monoisotopic (exact) mass is 392 g/mol. The van der Waals surface area contributed by atoms with E-state index in [9.17, 15) is 14.0 Å². The predicted molar refractivity (Wildman–Crippen MR) is 98.9 cm³/mol. The zero-order valence-electron chi connectivity index (χ0n) is 14.0. The van der Waals surface area contributed by atoms with Crippen LogP contribution in [0, 0.1) is 11.7 Å². The van der Waals surface area contributed by atoms with Crippen LogP contribution in [-0.4, -0.2) is 35.3 Å². The Hall–Kier alpha value is -1.92. The molecule has 2 amide bonds. The highest BCUT2D eigenvalue weighted by atomic mass is 35.5. The first-order valence-corrected chi connectivity index (χ1v) is 9.85. The van der Waals surface area contributed by atoms with Gasteiger partial charge in [0.25, 0.3) is 5.91 Å². The van der Waals surface area contributed by atoms with Gasteiger partial charge in [-0.05, 0) is 42.3 Å². The van der Waals surface area contributed by atoms with Crippen molar-refractivity contribution in [1.29, 1.82) is 0 Å². The molecule has 1 aliphatic heterocycles. The maximum Gasteiger partial charge on any atom is 0.261 e. The Labute approximate surface area is 160 Å². The van der Waals surface area contributed by atoms with Crippen LogP contribution >= 0.6 is 22.9 Å². The number of carbonyl (C=O) groups excluding carboxylic acids is 2. The Morgan fingerprint density at radius 3 is 2.81 bits per heavy atom. The number of hydrogen-bond donors (Lipinski definition) is 1. The lowest BCUT2D eigenvalue weighted by atomic mass is 10.0. The molecule has 2 aliphatic rings. The van der Waals surface area contributed by atoms with E-state index in [-0.39, 0.29) is 40.9 Å². The molecular weight excluding hydrogens is 375 g/mol. The summed E-state index contributed by atoms with van der Waals surface area (Å²) in [5, 5.41) is 5.20. The molecule has 4 rings (SSSR count). The van der Waals surface area contributed by atoms with Gasteiger partial charge in [-0.3, -0.25) is 9.59 Å². The number of fused-ring (bicyclic) bond motifs is 2. The van der Waals surface area contributed by atoms with E-state index in [1.54, 1.807) is 17.0 Å². The molecule has 0 radical (unpaired) electrons. The highest BCUT2D eigenvalue weighted by molar-refractivity contribution is 7.12. The number of carbonyl (C=O) groups is 2. The van der Waals surface area contributed by atoms with Crippen molar-refractivity contribution in [2.45, 2.75) is 31.3 Å². The normalized spacial score (nSPS) is 24.1. The second-order valence-corrected chi connectivity index (χ2v) is 8.24. The van der Waals surface area contributed by atoms with Gasteiger partial charge in [0.15, 0.2) is 0 Å². The molecule has 0 unspecified atom stereocenters. The smallest absolute Gasteiger partial charge is 0.261 e. The van der Waals surface area contributed by atoms with Gasteiger partial charge in [0, 0.05) is 23.2 Å². The number of nitrogens with one attached hydrogen (secondary N) is 1. The average molecular weight is 393 g/mol. The van der Waals surface area contributed by atoms with Crippen molar-refractivity contribution in [1.82, 2.24) is 10.2 Å². The average Bonchev–Trinajstić information content (AvgIpc) is 3.34. The van der Waals surface area contributed by atoms with Gasteiger partial charge in [-0.15, -0.1) is 11.3 Å². The van der Waals surface area contributed by atoms with Crippen LogP contribution in [0.4, 0.5) is 4.39 Å². The third kappa shape index (κ3) is 3.23. The molecule has 0 spiro atoms. The Morgan fingerprint density at radius 1 is 1.27 bits per heavy atom. The molecule has 2 heterocycles. The maximum atomic E-state index is 14.0. The van der Waals surface area contributed by atoms with Gasteiger partial charge in [-0.2, -0.15) is 0 Å². The first kappa shape index (κ1) is 17.5. The maximum absolute atomic E-state index is 14.0. The van der Waals surface area contributed by atoms with E-state index in [4.69, 9.17) is 11.6 Å². The fourth-order valence-electron chi connectivity index (χ4n) is 4.07. The molecule has 1 aromatic heterocycles. The predicted octanol–water partition coefficient (Wildman–Crippen LogP) is 3.50. The molecular formula is C19H18ClFN2O2S. The first-order valence-electron chi connectivity index (χ1n) is 8.59. The number of benzene rings is 1. The first-order chi connectivity index (χ1) is 12.5. The van der Waals surface area contributed by atoms with E-state index < -0.39 is 5.82 Å². The Morgan fingerprint density at radius 2 is 2.12 bits per heavy atom. The second-order valence-electron chi connectivity index (χ2n) is 6.89. The van der Waals surface area contributed by atoms with Crippen LogP contribution in [0.2, 0.25) is 5.02 Å². The summed E-state index contributed by atoms with van der Waals surface area (Å²) >= 11 is 7.44. The van der Waals surface area contributed by atoms with Crippen LogP contribution in [0.1, 0.15) is 28.1 Å². The van der Waals surface area contributed by atoms with E-state index in [1.807, 2.05) is 11.4 Å². The number of piperidine rings is 1. The lowest BCUT2D eigenvalue weighted by molar-refractivity contribution is -0.132. The number of thiophene rings is 1. The largest absolute Gasteiger partial charge is 0.347 e. The highest BCUT2D eigenvalue weighted by Crippen LogP contribution is 2.38. The number of nitrogens with zero attached hydrogens (tertiary/aromatic N) is 1. The lowest BCUT2D eigenvalue weighted by Gasteiger charge is -2.34. The van der Waals surface area contributed by atoms with E-state index in [0.717, 1.165) is 12.8 Å². The van der Waals surface area contributed by atoms with Gasteiger partial charge in [-0.1, -0.05) is 23.7 Å². The van der Waals surface area contributed by atoms with Crippen molar-refractivity contribution in [3.05, 3.63) is 57.0 Å². The summed E-state index contributed by atoms with van der Waals surface area (Å²) in [6, 6.07) is 7.98. The standard InChI is InChI=1S/C19H18ClFN2O2S/c20-13-3-1-4-14(21)12(13)9-18(24)23-10-11-7-15(16(23)8-11)22-19(25)17-5-2-6-26-17/h1-6,11,15-16H,7-10H2,(H,22,25)/t11-,15+,16-/m1/s1. The topological polar surface area (TPSA) is 49.4 Å². The number of halogens is 2. The van der Waals surface area contributed by atoms with Crippen molar-refractivity contribution in [3.8, 4) is 0 Å². The van der Waals surface area contributed by atoms with Crippen molar-refractivity contribution in [2.75, 3.05) is 6.54 Å². The molecule has 3 atom stereocenters. The van der Waals surface area contributed by atoms with Gasteiger partial charge in [0.05, 0.1) is 17.3 Å². The zero-order chi connectivity index (χ0) is 18.3. The Kier molecular flexibility index (Phi) is 4.71. The van der Waals surface area contributed by atoms with Gasteiger partial charge in [0.1, 0.15) is 5.82 Å². The van der Waals surface area contributed by atoms with Crippen LogP contribution in [0.25, 0.3) is 0 Å². The van der Waals surface area contributed by atoms with Crippen LogP contribution < -0.4 is 5.32 Å². The fraction of sp³-hybridized carbons (Fsp3) is 0.368. The zero-order valence-corrected chi connectivity index (χ0v) is 15.5. The van der Waals surface area contributed by atoms with Crippen molar-refractivity contribution < 1.29 is 14.0 Å². The summed E-state index contributed by atoms with van der Waals surface area (Å²) in [5.74, 6) is -0.312. The Bertz CT molecular complexity index is 822. The molecule has 26 heavy (non-hydrogen) atoms. The van der Waals surface area contributed by atoms with Crippen LogP contribution in [0.15, 0.2) is 35.7 Å². The van der Waals surface area contributed by atoms with Crippen molar-refractivity contribution in [3.63, 3.8) is 0 Å². The molecule has 2 aromatic rings. The molecule has 1 N–H and O–H groups in total. The van der Waals surface area contributed by atoms with Gasteiger partial charge >= 0.3 is 0 Å². The number of rotatable bonds is 4. The minimum Gasteiger partial charge on any atom is -0.347 e. The summed E-state index contributed by atoms with van der Waals surface area (Å²) in [6.07, 6.45) is 1.71. The van der Waals surface area contributed by atoms with Gasteiger partial charge < -0.3 is 10.2 Å². The fourth-order valence-corrected chi connectivity index (χ4v) is 4.93. The summed E-state index contributed by atoms with van der Waals surface area (Å²) < 4.78 is 14.0. The van der Waals surface area contributed by atoms with E-state index in [1.165, 1.54) is 23.5 Å². The third-order valence-electron chi connectivity index (χ3n) is 5.25. The molecule has 1 aliphatic carbocycles. The van der Waals surface area contributed by atoms with Crippen LogP contribution in [0.5, 0.6) is 0 Å². The minimum absolute atomic E-state index is 0.0260. The molecule has 2 fully saturated rings. The Balaban J connectivity index is 1.45. The third-order valence-corrected chi connectivity index (χ3v) is 6.48. The molecule has 1 saturated heterocycles. The molecule has 1 aromatic carbocycles. The van der Waals surface area contributed by atoms with E-state index in [2.05, 4.69) is 5.32 Å². The van der Waals surface area contributed by atoms with Crippen molar-refractivity contribution in [2.24, 2.45) is 5.92 Å². The molecule has 2 bridgehead atoms. The molecule has 7 heteroatoms. The van der Waals surface area contributed by atoms with E-state index in [0.29, 0.717) is 17.3 Å². The highest BCUT2D eigenvalue weighted by Gasteiger charge is 2.47. The van der Waals surface area contributed by atoms with Crippen LogP contribution in [-0.2, 0) is 11.2 Å². The number of likely N-dealkylation sites (tertiary alicyclic amines) is 1. The summed E-state index contributed by atoms with van der Waals surface area (Å²) in [5.41, 5.74) is 0.237. The van der Waals surface area contributed by atoms with Gasteiger partial charge in [-0.25, -0.2) is 4.39 Å². The second kappa shape index (κ2) is 7.00. The van der Waals surface area contributed by atoms with Crippen molar-refractivity contribution >= 4 is 34.8 Å². The lowest BCUT2D eigenvalue weighted by Crippen LogP contribution is -2.52. The SMILES string of the molecule is O=C(N[C@H]1C[C@@H]2C[C@H]1N(C(=O)Cc1c(F)cccc1Cl)C2)c1cccs1. The summed E-state index contributed by atoms with van der Waals surface area (Å²) in [7, 11) is 0. The van der Waals surface area contributed by atoms with Crippen LogP contribution in [0.3, 0.4) is 0 Å². The summed E-state index contributed by atoms with van der Waals surface area (Å²) in [6.45, 7) is 0.668. The van der Waals surface area contributed by atoms with Gasteiger partial charge in [0.2, 0.25) is 5.91 Å². The number of amides is 2. The molecule has 4 nitrogen and oxygen atoms in total. The molecule has 136 valence electrons. The minimum atomic E-state index is -0.460. The number of hydrogen-bond acceptors (Lipinski definition) is 3. The summed E-state index contributed by atoms with van der Waals surface area (Å²) in [4.78, 5) is 27.5. The quantitative estimate of drug-likeness (QED) is 0.865. The molecule has 1 saturated carbocycles.